The Balaban J connectivity index is 1.90. The summed E-state index contributed by atoms with van der Waals surface area (Å²) in [5, 5.41) is 2.75. The van der Waals surface area contributed by atoms with E-state index in [4.69, 9.17) is 10.2 Å². The Bertz CT molecular complexity index is 1130. The van der Waals surface area contributed by atoms with Crippen molar-refractivity contribution in [3.05, 3.63) is 48.4 Å². The number of carbonyl (C=O) groups excluding carboxylic acids is 1. The molecule has 0 atom stereocenters. The monoisotopic (exact) mass is 353 g/mol. The van der Waals surface area contributed by atoms with Crippen molar-refractivity contribution in [2.75, 3.05) is 12.3 Å². The normalized spacial score (nSPS) is 11.3. The van der Waals surface area contributed by atoms with Crippen LogP contribution < -0.4 is 11.1 Å². The van der Waals surface area contributed by atoms with E-state index in [-0.39, 0.29) is 17.4 Å². The predicted octanol–water partition coefficient (Wildman–Crippen LogP) is 3.00. The quantitative estimate of drug-likeness (QED) is 0.588. The highest BCUT2D eigenvalue weighted by atomic mass is 19.1. The van der Waals surface area contributed by atoms with Crippen LogP contribution in [0.25, 0.3) is 27.9 Å². The van der Waals surface area contributed by atoms with E-state index in [0.29, 0.717) is 34.4 Å². The van der Waals surface area contributed by atoms with Crippen molar-refractivity contribution in [1.82, 2.24) is 19.7 Å². The van der Waals surface area contributed by atoms with Crippen molar-refractivity contribution in [3.8, 4) is 11.1 Å². The van der Waals surface area contributed by atoms with Crippen molar-refractivity contribution in [3.63, 3.8) is 0 Å². The Hall–Kier alpha value is -3.42. The molecule has 3 N–H and O–H groups in total. The van der Waals surface area contributed by atoms with Gasteiger partial charge < -0.3 is 15.5 Å². The van der Waals surface area contributed by atoms with Gasteiger partial charge in [-0.25, -0.2) is 14.4 Å². The van der Waals surface area contributed by atoms with Gasteiger partial charge in [0.15, 0.2) is 17.7 Å². The molecular weight excluding hydrogens is 337 g/mol. The molecule has 0 aliphatic heterocycles. The smallest absolute Gasteiger partial charge is 0.273 e. The molecule has 0 spiro atoms. The van der Waals surface area contributed by atoms with Crippen molar-refractivity contribution < 1.29 is 13.6 Å². The first-order valence-corrected chi connectivity index (χ1v) is 8.18. The Morgan fingerprint density at radius 1 is 1.38 bits per heavy atom. The molecule has 8 heteroatoms. The van der Waals surface area contributed by atoms with Crippen LogP contribution in [0.2, 0.25) is 0 Å². The van der Waals surface area contributed by atoms with Crippen LogP contribution in [0.4, 0.5) is 10.2 Å². The third-order valence-corrected chi connectivity index (χ3v) is 4.15. The molecule has 0 saturated carbocycles. The maximum atomic E-state index is 14.6. The Morgan fingerprint density at radius 3 is 3.04 bits per heavy atom. The SMILES string of the molecule is CCCNC(=O)c1nc2c(-c3cc4ncoc4cc3F)cccn2c1N. The third-order valence-electron chi connectivity index (χ3n) is 4.15. The third kappa shape index (κ3) is 2.46. The van der Waals surface area contributed by atoms with Gasteiger partial charge in [-0.15, -0.1) is 0 Å². The van der Waals surface area contributed by atoms with Gasteiger partial charge >= 0.3 is 0 Å². The van der Waals surface area contributed by atoms with Gasteiger partial charge in [0, 0.05) is 29.9 Å². The molecule has 132 valence electrons. The number of nitrogens with one attached hydrogen (secondary N) is 1. The van der Waals surface area contributed by atoms with Crippen molar-refractivity contribution in [1.29, 1.82) is 0 Å². The van der Waals surface area contributed by atoms with E-state index < -0.39 is 5.82 Å². The van der Waals surface area contributed by atoms with E-state index >= 15 is 0 Å². The molecule has 0 fully saturated rings. The molecule has 0 saturated heterocycles. The topological polar surface area (TPSA) is 98.5 Å². The van der Waals surface area contributed by atoms with Gasteiger partial charge in [0.25, 0.3) is 5.91 Å². The molecule has 3 heterocycles. The van der Waals surface area contributed by atoms with E-state index in [1.807, 2.05) is 6.92 Å². The molecule has 4 rings (SSSR count). The molecule has 3 aromatic heterocycles. The Kier molecular flexibility index (Phi) is 3.80. The average Bonchev–Trinajstić information content (AvgIpc) is 3.23. The standard InChI is InChI=1S/C18H16FN5O2/c1-2-5-21-18(25)15-16(20)24-6-3-4-10(17(24)23-15)11-7-13-14(8-12(11)19)26-9-22-13/h3-4,6-9H,2,5,20H2,1H3,(H,21,25). The van der Waals surface area contributed by atoms with E-state index in [2.05, 4.69) is 15.3 Å². The maximum absolute atomic E-state index is 14.6. The first-order valence-electron chi connectivity index (χ1n) is 8.18. The molecule has 1 aromatic carbocycles. The molecule has 1 amide bonds. The van der Waals surface area contributed by atoms with Gasteiger partial charge in [-0.3, -0.25) is 9.20 Å². The van der Waals surface area contributed by atoms with Crippen LogP contribution in [0.3, 0.4) is 0 Å². The zero-order chi connectivity index (χ0) is 18.3. The number of imidazole rings is 1. The zero-order valence-electron chi connectivity index (χ0n) is 14.0. The maximum Gasteiger partial charge on any atom is 0.273 e. The minimum Gasteiger partial charge on any atom is -0.443 e. The summed E-state index contributed by atoms with van der Waals surface area (Å²) in [5.41, 5.74) is 8.32. The number of oxazole rings is 1. The first-order chi connectivity index (χ1) is 12.6. The summed E-state index contributed by atoms with van der Waals surface area (Å²) in [7, 11) is 0. The van der Waals surface area contributed by atoms with E-state index in [0.717, 1.165) is 6.42 Å². The number of nitrogens with zero attached hydrogens (tertiary/aromatic N) is 3. The summed E-state index contributed by atoms with van der Waals surface area (Å²) in [6, 6.07) is 6.31. The highest BCUT2D eigenvalue weighted by Gasteiger charge is 2.20. The summed E-state index contributed by atoms with van der Waals surface area (Å²) in [6.45, 7) is 2.48. The van der Waals surface area contributed by atoms with Gasteiger partial charge in [0.05, 0.1) is 0 Å². The van der Waals surface area contributed by atoms with Crippen LogP contribution in [-0.2, 0) is 0 Å². The van der Waals surface area contributed by atoms with Gasteiger partial charge in [0.2, 0.25) is 0 Å². The van der Waals surface area contributed by atoms with Crippen LogP contribution in [0.15, 0.2) is 41.3 Å². The number of hydrogen-bond donors (Lipinski definition) is 2. The highest BCUT2D eigenvalue weighted by Crippen LogP contribution is 2.31. The Morgan fingerprint density at radius 2 is 2.23 bits per heavy atom. The lowest BCUT2D eigenvalue weighted by molar-refractivity contribution is 0.0950. The number of anilines is 1. The number of nitrogens with two attached hydrogens (primary N) is 1. The van der Waals surface area contributed by atoms with Crippen molar-refractivity contribution in [2.45, 2.75) is 13.3 Å². The molecule has 7 nitrogen and oxygen atoms in total. The number of pyridine rings is 1. The van der Waals surface area contributed by atoms with Crippen LogP contribution in [0.5, 0.6) is 0 Å². The number of carbonyl (C=O) groups is 1. The molecule has 0 aliphatic carbocycles. The lowest BCUT2D eigenvalue weighted by atomic mass is 10.1. The number of amides is 1. The van der Waals surface area contributed by atoms with Gasteiger partial charge in [-0.2, -0.15) is 0 Å². The molecule has 0 radical (unpaired) electrons. The summed E-state index contributed by atoms with van der Waals surface area (Å²) in [5.74, 6) is -0.620. The Labute approximate surface area is 147 Å². The number of aromatic nitrogens is 3. The van der Waals surface area contributed by atoms with Crippen LogP contribution in [0, 0.1) is 5.82 Å². The van der Waals surface area contributed by atoms with Gasteiger partial charge in [-0.05, 0) is 24.6 Å². The summed E-state index contributed by atoms with van der Waals surface area (Å²) in [4.78, 5) is 20.7. The van der Waals surface area contributed by atoms with Crippen LogP contribution >= 0.6 is 0 Å². The molecular formula is C18H16FN5O2. The number of fused-ring (bicyclic) bond motifs is 2. The largest absolute Gasteiger partial charge is 0.443 e. The highest BCUT2D eigenvalue weighted by molar-refractivity contribution is 5.99. The zero-order valence-corrected chi connectivity index (χ0v) is 14.0. The average molecular weight is 353 g/mol. The number of hydrogen-bond acceptors (Lipinski definition) is 5. The number of halogens is 1. The van der Waals surface area contributed by atoms with E-state index in [1.54, 1.807) is 28.8 Å². The van der Waals surface area contributed by atoms with Gasteiger partial charge in [-0.1, -0.05) is 6.92 Å². The molecule has 4 aromatic rings. The number of benzene rings is 1. The fourth-order valence-electron chi connectivity index (χ4n) is 2.87. The minimum absolute atomic E-state index is 0.119. The van der Waals surface area contributed by atoms with Crippen LogP contribution in [0.1, 0.15) is 23.8 Å². The van der Waals surface area contributed by atoms with Crippen LogP contribution in [-0.4, -0.2) is 26.8 Å². The second kappa shape index (κ2) is 6.14. The fraction of sp³-hybridized carbons (Fsp3) is 0.167. The lowest BCUT2D eigenvalue weighted by Crippen LogP contribution is -2.25. The van der Waals surface area contributed by atoms with E-state index in [9.17, 15) is 9.18 Å². The summed E-state index contributed by atoms with van der Waals surface area (Å²) < 4.78 is 21.3. The lowest BCUT2D eigenvalue weighted by Gasteiger charge is -2.05. The van der Waals surface area contributed by atoms with Gasteiger partial charge in [0.1, 0.15) is 22.8 Å². The second-order valence-corrected chi connectivity index (χ2v) is 5.87. The fourth-order valence-corrected chi connectivity index (χ4v) is 2.87. The molecule has 26 heavy (non-hydrogen) atoms. The van der Waals surface area contributed by atoms with Crippen molar-refractivity contribution in [2.24, 2.45) is 0 Å². The minimum atomic E-state index is -0.471. The summed E-state index contributed by atoms with van der Waals surface area (Å²) >= 11 is 0. The predicted molar refractivity (Wildman–Crippen MR) is 95.2 cm³/mol. The molecule has 0 aliphatic rings. The van der Waals surface area contributed by atoms with Crippen molar-refractivity contribution >= 4 is 28.5 Å². The molecule has 0 unspecified atom stereocenters. The number of rotatable bonds is 4. The molecule has 0 bridgehead atoms. The number of nitrogen functional groups attached to an aromatic ring is 1. The van der Waals surface area contributed by atoms with E-state index in [1.165, 1.54) is 12.5 Å². The second-order valence-electron chi connectivity index (χ2n) is 5.87. The summed E-state index contributed by atoms with van der Waals surface area (Å²) in [6.07, 6.45) is 3.75. The first kappa shape index (κ1) is 16.1.